The van der Waals surface area contributed by atoms with E-state index in [-0.39, 0.29) is 73.6 Å². The van der Waals surface area contributed by atoms with Crippen molar-refractivity contribution in [1.29, 1.82) is 5.26 Å². The number of rotatable bonds is 5. The number of piperazine rings is 1. The van der Waals surface area contributed by atoms with Gasteiger partial charge < -0.3 is 24.0 Å². The molecular weight excluding hydrogens is 729 g/mol. The summed E-state index contributed by atoms with van der Waals surface area (Å²) in [6, 6.07) is 1.68. The molecule has 1 N–H and O–H groups in total. The van der Waals surface area contributed by atoms with Crippen LogP contribution in [-0.4, -0.2) is 78.4 Å². The maximum atomic E-state index is 17.5. The highest BCUT2D eigenvalue weighted by atomic mass is 32.2. The highest BCUT2D eigenvalue weighted by Crippen LogP contribution is 2.48. The predicted octanol–water partition coefficient (Wildman–Crippen LogP) is 7.15. The quantitative estimate of drug-likeness (QED) is 0.206. The predicted molar refractivity (Wildman–Crippen MR) is 195 cm³/mol. The van der Waals surface area contributed by atoms with Crippen molar-refractivity contribution in [2.45, 2.75) is 103 Å². The van der Waals surface area contributed by atoms with E-state index >= 15 is 8.78 Å². The van der Waals surface area contributed by atoms with Crippen LogP contribution in [0.1, 0.15) is 78.0 Å². The lowest BCUT2D eigenvalue weighted by Crippen LogP contribution is -2.56. The van der Waals surface area contributed by atoms with Gasteiger partial charge in [0.1, 0.15) is 33.6 Å². The fraction of sp³-hybridized carbons (Fsp3) is 0.500. The monoisotopic (exact) mass is 767 g/mol. The van der Waals surface area contributed by atoms with Crippen molar-refractivity contribution in [3.8, 4) is 17.3 Å². The minimum absolute atomic E-state index is 0.0128. The summed E-state index contributed by atoms with van der Waals surface area (Å²) >= 11 is 0.811. The highest BCUT2D eigenvalue weighted by molar-refractivity contribution is 7.84. The van der Waals surface area contributed by atoms with Crippen molar-refractivity contribution >= 4 is 66.1 Å². The first-order chi connectivity index (χ1) is 25.0. The molecule has 3 aromatic heterocycles. The van der Waals surface area contributed by atoms with E-state index in [1.54, 1.807) is 32.6 Å². The summed E-state index contributed by atoms with van der Waals surface area (Å²) in [6.45, 7) is 13.0. The molecule has 0 aliphatic carbocycles. The van der Waals surface area contributed by atoms with Crippen LogP contribution in [0.3, 0.4) is 0 Å². The van der Waals surface area contributed by atoms with E-state index in [1.807, 2.05) is 26.8 Å². The molecule has 53 heavy (non-hydrogen) atoms. The highest BCUT2D eigenvalue weighted by Gasteiger charge is 2.45. The number of nitrogens with one attached hydrogen (secondary N) is 1. The molecule has 2 bridgehead atoms. The number of anilines is 2. The number of pyridine rings is 1. The molecular formula is C36H39F2N7O6S2. The van der Waals surface area contributed by atoms with Gasteiger partial charge in [0.25, 0.3) is 0 Å². The number of hydrogen-bond donors (Lipinski definition) is 1. The van der Waals surface area contributed by atoms with E-state index in [4.69, 9.17) is 19.2 Å². The molecule has 0 radical (unpaired) electrons. The summed E-state index contributed by atoms with van der Waals surface area (Å²) in [6.07, 6.45) is 1.18. The second-order valence-electron chi connectivity index (χ2n) is 15.2. The molecule has 2 fully saturated rings. The second-order valence-corrected chi connectivity index (χ2v) is 17.9. The van der Waals surface area contributed by atoms with E-state index in [9.17, 15) is 19.1 Å². The van der Waals surface area contributed by atoms with Gasteiger partial charge in [0.2, 0.25) is 5.16 Å². The molecule has 3 aliphatic rings. The SMILES string of the molecule is CCS(=O)c1nc(N2[C@@H]3CC[C@H]2CN(C(=O)OC(C)(C)C)C3)c2c3c(c(-c4ncc(F)c5sc(NC(=O)OC(C)(C)C)c(C#N)c45)c(F)c2n1)COC3. The Bertz CT molecular complexity index is 2250. The van der Waals surface area contributed by atoms with Gasteiger partial charge in [0.15, 0.2) is 11.6 Å². The minimum atomic E-state index is -1.68. The van der Waals surface area contributed by atoms with Gasteiger partial charge in [-0.3, -0.25) is 14.5 Å². The fourth-order valence-electron chi connectivity index (χ4n) is 7.23. The number of carbonyl (C=O) groups excluding carboxylic acids is 2. The molecule has 3 atom stereocenters. The van der Waals surface area contributed by atoms with Crippen molar-refractivity contribution in [2.75, 3.05) is 29.1 Å². The van der Waals surface area contributed by atoms with Crippen LogP contribution >= 0.6 is 11.3 Å². The number of halogens is 2. The summed E-state index contributed by atoms with van der Waals surface area (Å²) in [5.74, 6) is -0.993. The van der Waals surface area contributed by atoms with Gasteiger partial charge in [-0.1, -0.05) is 6.92 Å². The first kappa shape index (κ1) is 36.8. The number of nitrogens with zero attached hydrogens (tertiary/aromatic N) is 6. The molecule has 2 saturated heterocycles. The lowest BCUT2D eigenvalue weighted by atomic mass is 9.93. The van der Waals surface area contributed by atoms with Crippen molar-refractivity contribution in [3.05, 3.63) is 34.5 Å². The van der Waals surface area contributed by atoms with Crippen molar-refractivity contribution in [2.24, 2.45) is 0 Å². The third-order valence-electron chi connectivity index (χ3n) is 9.23. The Labute approximate surface area is 311 Å². The van der Waals surface area contributed by atoms with E-state index in [2.05, 4.69) is 20.2 Å². The normalized spacial score (nSPS) is 19.0. The zero-order valence-corrected chi connectivity index (χ0v) is 32.0. The van der Waals surface area contributed by atoms with E-state index < -0.39 is 45.8 Å². The minimum Gasteiger partial charge on any atom is -0.444 e. The standard InChI is InChI=1S/C36H39F2N7O6S2/c1-8-53(48)32-41-28-25(30(42-32)45-17-9-10-18(45)14-44(13-17)34(47)51-36(5,6)7)21-16-49-15-20(21)23(26(28)38)27-24-19(11-39)31(43-33(46)50-35(2,3)4)52-29(24)22(37)12-40-27/h12,17-18H,8-10,13-16H2,1-7H3,(H,43,46)/t17-,18+,53?. The Kier molecular flexibility index (Phi) is 9.31. The summed E-state index contributed by atoms with van der Waals surface area (Å²) in [7, 11) is -1.68. The summed E-state index contributed by atoms with van der Waals surface area (Å²) in [4.78, 5) is 43.3. The largest absolute Gasteiger partial charge is 0.444 e. The van der Waals surface area contributed by atoms with Gasteiger partial charge in [0, 0.05) is 41.9 Å². The Morgan fingerprint density at radius 3 is 2.34 bits per heavy atom. The molecule has 7 rings (SSSR count). The number of nitriles is 1. The smallest absolute Gasteiger partial charge is 0.412 e. The van der Waals surface area contributed by atoms with Gasteiger partial charge in [0.05, 0.1) is 51.6 Å². The molecule has 4 aromatic rings. The number of fused-ring (bicyclic) bond motifs is 6. The number of likely N-dealkylation sites (tertiary alicyclic amines) is 1. The number of ether oxygens (including phenoxy) is 3. The second kappa shape index (κ2) is 13.4. The Balaban J connectivity index is 1.41. The lowest BCUT2D eigenvalue weighted by molar-refractivity contribution is 0.0209. The van der Waals surface area contributed by atoms with Crippen LogP contribution in [0.2, 0.25) is 0 Å². The lowest BCUT2D eigenvalue weighted by Gasteiger charge is -2.42. The van der Waals surface area contributed by atoms with Crippen molar-refractivity contribution in [3.63, 3.8) is 0 Å². The number of thiophene rings is 1. The molecule has 1 unspecified atom stereocenters. The van der Waals surface area contributed by atoms with Crippen LogP contribution in [0.25, 0.3) is 32.2 Å². The Morgan fingerprint density at radius 1 is 1.06 bits per heavy atom. The summed E-state index contributed by atoms with van der Waals surface area (Å²) < 4.78 is 63.2. The van der Waals surface area contributed by atoms with Gasteiger partial charge in [-0.25, -0.2) is 28.3 Å². The van der Waals surface area contributed by atoms with Crippen LogP contribution in [0, 0.1) is 23.0 Å². The average Bonchev–Trinajstić information content (AvgIpc) is 3.77. The fourth-order valence-corrected chi connectivity index (χ4v) is 8.91. The Morgan fingerprint density at radius 2 is 1.72 bits per heavy atom. The molecule has 280 valence electrons. The average molecular weight is 768 g/mol. The third-order valence-corrected chi connectivity index (χ3v) is 11.5. The van der Waals surface area contributed by atoms with E-state index in [0.717, 1.165) is 30.4 Å². The van der Waals surface area contributed by atoms with Gasteiger partial charge in [-0.05, 0) is 65.5 Å². The molecule has 17 heteroatoms. The Hall–Kier alpha value is -4.53. The zero-order valence-electron chi connectivity index (χ0n) is 30.4. The third kappa shape index (κ3) is 6.65. The number of carbonyl (C=O) groups is 2. The van der Waals surface area contributed by atoms with E-state index in [1.165, 1.54) is 0 Å². The zero-order chi connectivity index (χ0) is 38.1. The molecule has 13 nitrogen and oxygen atoms in total. The van der Waals surface area contributed by atoms with Gasteiger partial charge in [-0.2, -0.15) is 5.26 Å². The van der Waals surface area contributed by atoms with Gasteiger partial charge >= 0.3 is 12.2 Å². The van der Waals surface area contributed by atoms with Crippen molar-refractivity contribution < 1.29 is 36.8 Å². The van der Waals surface area contributed by atoms with Crippen LogP contribution in [0.15, 0.2) is 11.4 Å². The van der Waals surface area contributed by atoms with Gasteiger partial charge in [-0.15, -0.1) is 11.3 Å². The topological polar surface area (TPSA) is 160 Å². The number of benzene rings is 1. The number of hydrogen-bond acceptors (Lipinski definition) is 12. The number of amides is 2. The van der Waals surface area contributed by atoms with Crippen molar-refractivity contribution in [1.82, 2.24) is 19.9 Å². The first-order valence-electron chi connectivity index (χ1n) is 17.3. The molecule has 1 aromatic carbocycles. The number of aromatic nitrogens is 3. The van der Waals surface area contributed by atoms with Crippen LogP contribution in [-0.2, 0) is 38.2 Å². The maximum absolute atomic E-state index is 17.5. The molecule has 3 aliphatic heterocycles. The van der Waals surface area contributed by atoms with Crippen LogP contribution < -0.4 is 10.2 Å². The van der Waals surface area contributed by atoms with Crippen LogP contribution in [0.4, 0.5) is 29.2 Å². The molecule has 0 spiro atoms. The summed E-state index contributed by atoms with van der Waals surface area (Å²) in [5, 5.41) is 13.2. The van der Waals surface area contributed by atoms with E-state index in [0.29, 0.717) is 35.4 Å². The molecule has 2 amide bonds. The maximum Gasteiger partial charge on any atom is 0.412 e. The first-order valence-corrected chi connectivity index (χ1v) is 19.4. The molecule has 0 saturated carbocycles. The summed E-state index contributed by atoms with van der Waals surface area (Å²) in [5.41, 5.74) is -0.771. The van der Waals surface area contributed by atoms with Crippen LogP contribution in [0.5, 0.6) is 0 Å². The molecule has 6 heterocycles.